The van der Waals surface area contributed by atoms with Gasteiger partial charge in [0, 0.05) is 22.3 Å². The molecule has 0 radical (unpaired) electrons. The van der Waals surface area contributed by atoms with Gasteiger partial charge in [-0.25, -0.2) is 15.0 Å². The van der Waals surface area contributed by atoms with Gasteiger partial charge in [0.25, 0.3) is 5.56 Å². The van der Waals surface area contributed by atoms with Gasteiger partial charge in [0.15, 0.2) is 0 Å². The van der Waals surface area contributed by atoms with Gasteiger partial charge in [0.1, 0.15) is 22.9 Å². The average Bonchev–Trinajstić information content (AvgIpc) is 2.58. The lowest BCUT2D eigenvalue weighted by Gasteiger charge is -2.09. The SMILES string of the molecule is C=CCc1c(C)nc(Cc2nc(C)c3cccc(OC)c3n2)[nH]c1=O. The fourth-order valence-electron chi connectivity index (χ4n) is 2.87. The molecule has 0 fully saturated rings. The zero-order valence-electron chi connectivity index (χ0n) is 14.6. The highest BCUT2D eigenvalue weighted by Crippen LogP contribution is 2.25. The number of H-pyrrole nitrogens is 1. The van der Waals surface area contributed by atoms with Crippen molar-refractivity contribution in [1.29, 1.82) is 0 Å². The maximum Gasteiger partial charge on any atom is 0.254 e. The van der Waals surface area contributed by atoms with Crippen LogP contribution in [0.3, 0.4) is 0 Å². The number of para-hydroxylation sites is 1. The number of aromatic nitrogens is 4. The molecule has 0 aliphatic rings. The van der Waals surface area contributed by atoms with Crippen molar-refractivity contribution in [2.45, 2.75) is 26.7 Å². The standard InChI is InChI=1S/C19H20N4O2/c1-5-7-14-12(3)21-17(23-19(14)24)10-16-20-11(2)13-8-6-9-15(25-4)18(13)22-16/h5-6,8-9H,1,7,10H2,2-4H3,(H,21,23,24). The third kappa shape index (κ3) is 3.28. The molecule has 0 saturated carbocycles. The molecule has 6 nitrogen and oxygen atoms in total. The highest BCUT2D eigenvalue weighted by molar-refractivity contribution is 5.86. The summed E-state index contributed by atoms with van der Waals surface area (Å²) in [6.07, 6.45) is 2.54. The Labute approximate surface area is 145 Å². The lowest BCUT2D eigenvalue weighted by molar-refractivity contribution is 0.418. The number of aryl methyl sites for hydroxylation is 2. The molecule has 0 saturated heterocycles. The molecule has 0 bridgehead atoms. The smallest absolute Gasteiger partial charge is 0.254 e. The first kappa shape index (κ1) is 16.8. The molecule has 25 heavy (non-hydrogen) atoms. The summed E-state index contributed by atoms with van der Waals surface area (Å²) in [5.41, 5.74) is 2.82. The van der Waals surface area contributed by atoms with E-state index in [-0.39, 0.29) is 5.56 Å². The van der Waals surface area contributed by atoms with Gasteiger partial charge in [0.2, 0.25) is 0 Å². The first-order chi connectivity index (χ1) is 12.0. The zero-order valence-corrected chi connectivity index (χ0v) is 14.6. The molecule has 0 spiro atoms. The summed E-state index contributed by atoms with van der Waals surface area (Å²) in [6.45, 7) is 7.43. The Bertz CT molecular complexity index is 1010. The normalized spacial score (nSPS) is 10.8. The summed E-state index contributed by atoms with van der Waals surface area (Å²) in [7, 11) is 1.62. The molecule has 128 valence electrons. The molecule has 2 aromatic heterocycles. The van der Waals surface area contributed by atoms with Crippen molar-refractivity contribution < 1.29 is 4.74 Å². The molecular weight excluding hydrogens is 316 g/mol. The zero-order chi connectivity index (χ0) is 18.0. The van der Waals surface area contributed by atoms with E-state index in [0.29, 0.717) is 41.5 Å². The Kier molecular flexibility index (Phi) is 4.61. The first-order valence-electron chi connectivity index (χ1n) is 8.03. The second-order valence-electron chi connectivity index (χ2n) is 5.83. The minimum atomic E-state index is -0.141. The maximum absolute atomic E-state index is 12.2. The van der Waals surface area contributed by atoms with Crippen LogP contribution in [0.2, 0.25) is 0 Å². The third-order valence-corrected chi connectivity index (χ3v) is 4.09. The van der Waals surface area contributed by atoms with Crippen LogP contribution in [0.5, 0.6) is 5.75 Å². The molecule has 0 amide bonds. The van der Waals surface area contributed by atoms with Crippen molar-refractivity contribution >= 4 is 10.9 Å². The Hall–Kier alpha value is -3.02. The van der Waals surface area contributed by atoms with Gasteiger partial charge < -0.3 is 9.72 Å². The summed E-state index contributed by atoms with van der Waals surface area (Å²) >= 11 is 0. The fraction of sp³-hybridized carbons (Fsp3) is 0.263. The van der Waals surface area contributed by atoms with Crippen LogP contribution in [-0.2, 0) is 12.8 Å². The van der Waals surface area contributed by atoms with E-state index in [4.69, 9.17) is 4.74 Å². The predicted molar refractivity (Wildman–Crippen MR) is 97.1 cm³/mol. The van der Waals surface area contributed by atoms with E-state index in [1.807, 2.05) is 32.0 Å². The Morgan fingerprint density at radius 2 is 2.00 bits per heavy atom. The number of nitrogens with one attached hydrogen (secondary N) is 1. The third-order valence-electron chi connectivity index (χ3n) is 4.09. The number of hydrogen-bond acceptors (Lipinski definition) is 5. The Morgan fingerprint density at radius 3 is 2.68 bits per heavy atom. The molecular formula is C19H20N4O2. The number of nitrogens with zero attached hydrogens (tertiary/aromatic N) is 3. The molecule has 2 heterocycles. The number of hydrogen-bond donors (Lipinski definition) is 1. The quantitative estimate of drug-likeness (QED) is 0.725. The molecule has 0 atom stereocenters. The van der Waals surface area contributed by atoms with Gasteiger partial charge in [-0.1, -0.05) is 18.2 Å². The fourth-order valence-corrected chi connectivity index (χ4v) is 2.87. The lowest BCUT2D eigenvalue weighted by Crippen LogP contribution is -2.19. The van der Waals surface area contributed by atoms with Crippen LogP contribution in [-0.4, -0.2) is 27.0 Å². The highest BCUT2D eigenvalue weighted by Gasteiger charge is 2.12. The van der Waals surface area contributed by atoms with Crippen molar-refractivity contribution in [3.63, 3.8) is 0 Å². The van der Waals surface area contributed by atoms with Crippen molar-refractivity contribution in [2.75, 3.05) is 7.11 Å². The van der Waals surface area contributed by atoms with Gasteiger partial charge >= 0.3 is 0 Å². The van der Waals surface area contributed by atoms with Gasteiger partial charge in [-0.3, -0.25) is 4.79 Å². The van der Waals surface area contributed by atoms with E-state index in [2.05, 4.69) is 26.5 Å². The summed E-state index contributed by atoms with van der Waals surface area (Å²) in [4.78, 5) is 28.7. The van der Waals surface area contributed by atoms with Crippen LogP contribution in [0.4, 0.5) is 0 Å². The van der Waals surface area contributed by atoms with E-state index in [0.717, 1.165) is 16.6 Å². The number of aromatic amines is 1. The topological polar surface area (TPSA) is 80.8 Å². The highest BCUT2D eigenvalue weighted by atomic mass is 16.5. The number of fused-ring (bicyclic) bond motifs is 1. The minimum Gasteiger partial charge on any atom is -0.494 e. The second kappa shape index (κ2) is 6.84. The Balaban J connectivity index is 2.04. The van der Waals surface area contributed by atoms with Gasteiger partial charge in [-0.15, -0.1) is 6.58 Å². The molecule has 3 rings (SSSR count). The molecule has 1 N–H and O–H groups in total. The predicted octanol–water partition coefficient (Wildman–Crippen LogP) is 2.66. The Morgan fingerprint density at radius 1 is 1.20 bits per heavy atom. The van der Waals surface area contributed by atoms with E-state index in [1.54, 1.807) is 13.2 Å². The minimum absolute atomic E-state index is 0.141. The van der Waals surface area contributed by atoms with Gasteiger partial charge in [-0.2, -0.15) is 0 Å². The second-order valence-corrected chi connectivity index (χ2v) is 5.83. The number of ether oxygens (including phenoxy) is 1. The van der Waals surface area contributed by atoms with Crippen molar-refractivity contribution in [3.05, 3.63) is 69.8 Å². The van der Waals surface area contributed by atoms with E-state index < -0.39 is 0 Å². The molecule has 0 aliphatic carbocycles. The lowest BCUT2D eigenvalue weighted by atomic mass is 10.1. The van der Waals surface area contributed by atoms with Crippen molar-refractivity contribution in [2.24, 2.45) is 0 Å². The monoisotopic (exact) mass is 336 g/mol. The number of methoxy groups -OCH3 is 1. The largest absolute Gasteiger partial charge is 0.494 e. The van der Waals surface area contributed by atoms with Crippen LogP contribution in [0.25, 0.3) is 10.9 Å². The van der Waals surface area contributed by atoms with Gasteiger partial charge in [0.05, 0.1) is 13.5 Å². The summed E-state index contributed by atoms with van der Waals surface area (Å²) in [6, 6.07) is 5.75. The average molecular weight is 336 g/mol. The molecule has 1 aromatic carbocycles. The van der Waals surface area contributed by atoms with Gasteiger partial charge in [-0.05, 0) is 26.3 Å². The van der Waals surface area contributed by atoms with E-state index in [9.17, 15) is 4.79 Å². The van der Waals surface area contributed by atoms with Crippen molar-refractivity contribution in [3.8, 4) is 5.75 Å². The molecule has 3 aromatic rings. The summed E-state index contributed by atoms with van der Waals surface area (Å²) in [5.74, 6) is 1.83. The van der Waals surface area contributed by atoms with Crippen LogP contribution in [0, 0.1) is 13.8 Å². The van der Waals surface area contributed by atoms with Crippen LogP contribution < -0.4 is 10.3 Å². The van der Waals surface area contributed by atoms with E-state index in [1.165, 1.54) is 0 Å². The molecule has 0 aliphatic heterocycles. The molecule has 0 unspecified atom stereocenters. The summed E-state index contributed by atoms with van der Waals surface area (Å²) < 4.78 is 5.40. The van der Waals surface area contributed by atoms with Crippen LogP contribution in [0.1, 0.15) is 28.6 Å². The molecule has 6 heteroatoms. The first-order valence-corrected chi connectivity index (χ1v) is 8.03. The van der Waals surface area contributed by atoms with Crippen LogP contribution >= 0.6 is 0 Å². The number of rotatable bonds is 5. The van der Waals surface area contributed by atoms with Crippen molar-refractivity contribution in [1.82, 2.24) is 19.9 Å². The van der Waals surface area contributed by atoms with Crippen LogP contribution in [0.15, 0.2) is 35.6 Å². The van der Waals surface area contributed by atoms with E-state index >= 15 is 0 Å². The summed E-state index contributed by atoms with van der Waals surface area (Å²) in [5, 5.41) is 0.946. The number of allylic oxidation sites excluding steroid dienone is 1. The maximum atomic E-state index is 12.2. The number of benzene rings is 1.